The molecule has 0 spiro atoms. The molecule has 1 aromatic carbocycles. The highest BCUT2D eigenvalue weighted by Crippen LogP contribution is 2.23. The number of aliphatic hydroxyl groups excluding tert-OH is 1. The lowest BCUT2D eigenvalue weighted by Crippen LogP contribution is -2.41. The molecule has 2 atom stereocenters. The summed E-state index contributed by atoms with van der Waals surface area (Å²) in [4.78, 5) is 14.3. The van der Waals surface area contributed by atoms with Crippen molar-refractivity contribution in [3.8, 4) is 0 Å². The van der Waals surface area contributed by atoms with Crippen LogP contribution in [0.5, 0.6) is 0 Å². The second kappa shape index (κ2) is 6.50. The number of aryl methyl sites for hydroxylation is 1. The Labute approximate surface area is 134 Å². The molecular formula is C17H20FN3O2. The number of likely N-dealkylation sites (tertiary alicyclic amines) is 1. The van der Waals surface area contributed by atoms with E-state index in [9.17, 15) is 14.3 Å². The highest BCUT2D eigenvalue weighted by Gasteiger charge is 2.35. The molecule has 2 aromatic rings. The first-order valence-electron chi connectivity index (χ1n) is 7.72. The van der Waals surface area contributed by atoms with Gasteiger partial charge in [0.05, 0.1) is 24.8 Å². The molecule has 1 N–H and O–H groups in total. The van der Waals surface area contributed by atoms with E-state index in [0.29, 0.717) is 19.4 Å². The van der Waals surface area contributed by atoms with Crippen LogP contribution in [0.4, 0.5) is 4.39 Å². The van der Waals surface area contributed by atoms with Gasteiger partial charge in [0.2, 0.25) is 5.91 Å². The highest BCUT2D eigenvalue weighted by atomic mass is 19.1. The predicted molar refractivity (Wildman–Crippen MR) is 83.1 cm³/mol. The van der Waals surface area contributed by atoms with E-state index in [1.807, 2.05) is 13.2 Å². The van der Waals surface area contributed by atoms with E-state index in [4.69, 9.17) is 0 Å². The molecule has 1 amide bonds. The van der Waals surface area contributed by atoms with Crippen molar-refractivity contribution >= 4 is 5.91 Å². The number of halogens is 1. The molecule has 122 valence electrons. The van der Waals surface area contributed by atoms with Gasteiger partial charge >= 0.3 is 0 Å². The van der Waals surface area contributed by atoms with Crippen LogP contribution >= 0.6 is 0 Å². The fourth-order valence-electron chi connectivity index (χ4n) is 3.09. The van der Waals surface area contributed by atoms with E-state index in [2.05, 4.69) is 5.10 Å². The van der Waals surface area contributed by atoms with Crippen molar-refractivity contribution < 1.29 is 14.3 Å². The van der Waals surface area contributed by atoms with Gasteiger partial charge in [0, 0.05) is 19.8 Å². The number of amides is 1. The molecule has 1 aliphatic heterocycles. The van der Waals surface area contributed by atoms with Crippen LogP contribution in [0.2, 0.25) is 0 Å². The number of carbonyl (C=O) groups excluding carboxylic acids is 1. The monoisotopic (exact) mass is 317 g/mol. The largest absolute Gasteiger partial charge is 0.391 e. The SMILES string of the molecule is Cn1cc(C[C@@H]2[C@H](O)CCN2C(=O)Cc2ccc(F)cc2)cn1. The van der Waals surface area contributed by atoms with Crippen molar-refractivity contribution in [3.05, 3.63) is 53.6 Å². The summed E-state index contributed by atoms with van der Waals surface area (Å²) >= 11 is 0. The molecular weight excluding hydrogens is 297 g/mol. The normalized spacial score (nSPS) is 20.9. The second-order valence-corrected chi connectivity index (χ2v) is 6.04. The zero-order chi connectivity index (χ0) is 16.4. The molecule has 0 unspecified atom stereocenters. The Morgan fingerprint density at radius 3 is 2.74 bits per heavy atom. The summed E-state index contributed by atoms with van der Waals surface area (Å²) < 4.78 is 14.7. The van der Waals surface area contributed by atoms with Crippen LogP contribution in [-0.2, 0) is 24.7 Å². The molecule has 1 fully saturated rings. The van der Waals surface area contributed by atoms with Gasteiger partial charge in [-0.15, -0.1) is 0 Å². The summed E-state index contributed by atoms with van der Waals surface area (Å²) in [6.07, 6.45) is 4.52. The summed E-state index contributed by atoms with van der Waals surface area (Å²) in [6, 6.07) is 5.72. The summed E-state index contributed by atoms with van der Waals surface area (Å²) in [5, 5.41) is 14.3. The van der Waals surface area contributed by atoms with Crippen LogP contribution in [-0.4, -0.2) is 44.4 Å². The van der Waals surface area contributed by atoms with Gasteiger partial charge in [-0.1, -0.05) is 12.1 Å². The quantitative estimate of drug-likeness (QED) is 0.925. The summed E-state index contributed by atoms with van der Waals surface area (Å²) in [6.45, 7) is 0.548. The first-order chi connectivity index (χ1) is 11.0. The van der Waals surface area contributed by atoms with Crippen molar-refractivity contribution in [2.45, 2.75) is 31.4 Å². The van der Waals surface area contributed by atoms with E-state index >= 15 is 0 Å². The Kier molecular flexibility index (Phi) is 4.43. The Balaban J connectivity index is 1.69. The van der Waals surface area contributed by atoms with Gasteiger partial charge in [-0.05, 0) is 36.1 Å². The third-order valence-corrected chi connectivity index (χ3v) is 4.30. The van der Waals surface area contributed by atoms with Gasteiger partial charge in [-0.25, -0.2) is 4.39 Å². The lowest BCUT2D eigenvalue weighted by Gasteiger charge is -2.26. The van der Waals surface area contributed by atoms with Gasteiger partial charge in [0.25, 0.3) is 0 Å². The average Bonchev–Trinajstić information content (AvgIpc) is 3.09. The maximum atomic E-state index is 12.9. The Bertz CT molecular complexity index is 683. The molecule has 0 aliphatic carbocycles. The number of aromatic nitrogens is 2. The zero-order valence-electron chi connectivity index (χ0n) is 13.0. The molecule has 3 rings (SSSR count). The lowest BCUT2D eigenvalue weighted by molar-refractivity contribution is -0.132. The van der Waals surface area contributed by atoms with Crippen molar-refractivity contribution in [2.75, 3.05) is 6.54 Å². The third-order valence-electron chi connectivity index (χ3n) is 4.30. The topological polar surface area (TPSA) is 58.4 Å². The maximum absolute atomic E-state index is 12.9. The number of rotatable bonds is 4. The molecule has 6 heteroatoms. The molecule has 23 heavy (non-hydrogen) atoms. The van der Waals surface area contributed by atoms with Crippen molar-refractivity contribution in [1.82, 2.24) is 14.7 Å². The third kappa shape index (κ3) is 3.59. The smallest absolute Gasteiger partial charge is 0.227 e. The van der Waals surface area contributed by atoms with E-state index in [0.717, 1.165) is 11.1 Å². The summed E-state index contributed by atoms with van der Waals surface area (Å²) in [5.74, 6) is -0.353. The molecule has 0 radical (unpaired) electrons. The molecule has 1 aromatic heterocycles. The minimum absolute atomic E-state index is 0.0398. The van der Waals surface area contributed by atoms with E-state index in [1.54, 1.807) is 27.9 Å². The van der Waals surface area contributed by atoms with Crippen molar-refractivity contribution in [3.63, 3.8) is 0 Å². The van der Waals surface area contributed by atoms with Crippen LogP contribution < -0.4 is 0 Å². The Morgan fingerprint density at radius 2 is 2.09 bits per heavy atom. The number of nitrogens with zero attached hydrogens (tertiary/aromatic N) is 3. The maximum Gasteiger partial charge on any atom is 0.227 e. The number of carbonyl (C=O) groups is 1. The zero-order valence-corrected chi connectivity index (χ0v) is 13.0. The minimum Gasteiger partial charge on any atom is -0.391 e. The van der Waals surface area contributed by atoms with Gasteiger partial charge < -0.3 is 10.0 Å². The molecule has 5 nitrogen and oxygen atoms in total. The van der Waals surface area contributed by atoms with E-state index in [-0.39, 0.29) is 24.2 Å². The van der Waals surface area contributed by atoms with Crippen LogP contribution in [0.3, 0.4) is 0 Å². The van der Waals surface area contributed by atoms with Crippen LogP contribution in [0.1, 0.15) is 17.5 Å². The average molecular weight is 317 g/mol. The van der Waals surface area contributed by atoms with Crippen molar-refractivity contribution in [2.24, 2.45) is 7.05 Å². The van der Waals surface area contributed by atoms with E-state index < -0.39 is 6.10 Å². The fourth-order valence-corrected chi connectivity index (χ4v) is 3.09. The van der Waals surface area contributed by atoms with Crippen molar-refractivity contribution in [1.29, 1.82) is 0 Å². The first-order valence-corrected chi connectivity index (χ1v) is 7.72. The number of hydrogen-bond donors (Lipinski definition) is 1. The van der Waals surface area contributed by atoms with Crippen LogP contribution in [0, 0.1) is 5.82 Å². The Hall–Kier alpha value is -2.21. The Morgan fingerprint density at radius 1 is 1.35 bits per heavy atom. The van der Waals surface area contributed by atoms with Gasteiger partial charge in [-0.3, -0.25) is 9.48 Å². The second-order valence-electron chi connectivity index (χ2n) is 6.04. The number of hydrogen-bond acceptors (Lipinski definition) is 3. The summed E-state index contributed by atoms with van der Waals surface area (Å²) in [5.41, 5.74) is 1.77. The molecule has 0 saturated carbocycles. The van der Waals surface area contributed by atoms with E-state index in [1.165, 1.54) is 12.1 Å². The molecule has 0 bridgehead atoms. The molecule has 1 aliphatic rings. The lowest BCUT2D eigenvalue weighted by atomic mass is 10.0. The van der Waals surface area contributed by atoms with Gasteiger partial charge in [0.15, 0.2) is 0 Å². The standard InChI is InChI=1S/C17H20FN3O2/c1-20-11-13(10-19-20)8-15-16(22)6-7-21(15)17(23)9-12-2-4-14(18)5-3-12/h2-5,10-11,15-16,22H,6-9H2,1H3/t15-,16-/m1/s1. The minimum atomic E-state index is -0.521. The van der Waals surface area contributed by atoms with Gasteiger partial charge in [-0.2, -0.15) is 5.10 Å². The first kappa shape index (κ1) is 15.7. The molecule has 1 saturated heterocycles. The number of aliphatic hydroxyl groups is 1. The summed E-state index contributed by atoms with van der Waals surface area (Å²) in [7, 11) is 1.84. The predicted octanol–water partition coefficient (Wildman–Crippen LogP) is 1.31. The fraction of sp³-hybridized carbons (Fsp3) is 0.412. The van der Waals surface area contributed by atoms with Crippen LogP contribution in [0.15, 0.2) is 36.7 Å². The highest BCUT2D eigenvalue weighted by molar-refractivity contribution is 5.79. The molecule has 2 heterocycles. The van der Waals surface area contributed by atoms with Gasteiger partial charge in [0.1, 0.15) is 5.82 Å². The van der Waals surface area contributed by atoms with Crippen LogP contribution in [0.25, 0.3) is 0 Å². The number of benzene rings is 1.